The number of hydrogen-bond acceptors (Lipinski definition) is 1. The van der Waals surface area contributed by atoms with Crippen LogP contribution in [-0.4, -0.2) is 11.2 Å². The molecule has 0 aromatic rings. The van der Waals surface area contributed by atoms with E-state index in [0.717, 1.165) is 31.1 Å². The summed E-state index contributed by atoms with van der Waals surface area (Å²) in [5, 5.41) is 10.8. The second kappa shape index (κ2) is 7.61. The van der Waals surface area contributed by atoms with Gasteiger partial charge in [-0.2, -0.15) is 0 Å². The van der Waals surface area contributed by atoms with Gasteiger partial charge in [-0.05, 0) is 116 Å². The van der Waals surface area contributed by atoms with Gasteiger partial charge in [0.15, 0.2) is 0 Å². The van der Waals surface area contributed by atoms with E-state index in [9.17, 15) is 5.11 Å². The number of hydrogen-bond donors (Lipinski definition) is 1. The van der Waals surface area contributed by atoms with E-state index in [1.807, 2.05) is 0 Å². The number of aliphatic hydroxyl groups is 1. The summed E-state index contributed by atoms with van der Waals surface area (Å²) in [6.45, 7) is 19.4. The van der Waals surface area contributed by atoms with Crippen LogP contribution in [0.5, 0.6) is 0 Å². The summed E-state index contributed by atoms with van der Waals surface area (Å²) >= 11 is 0. The fourth-order valence-corrected chi connectivity index (χ4v) is 8.78. The monoisotopic (exact) mass is 424 g/mol. The molecule has 4 rings (SSSR count). The molecule has 0 aromatic carbocycles. The smallest absolute Gasteiger partial charge is 0.0594 e. The molecule has 0 bridgehead atoms. The minimum absolute atomic E-state index is 0.00478. The van der Waals surface area contributed by atoms with E-state index in [4.69, 9.17) is 0 Å². The normalized spacial score (nSPS) is 44.4. The Balaban J connectivity index is 1.66. The van der Waals surface area contributed by atoms with Gasteiger partial charge in [0, 0.05) is 0 Å². The molecule has 1 N–H and O–H groups in total. The summed E-state index contributed by atoms with van der Waals surface area (Å²) in [4.78, 5) is 0. The Bertz CT molecular complexity index is 808. The largest absolute Gasteiger partial charge is 0.393 e. The highest BCUT2D eigenvalue weighted by Gasteiger charge is 2.62. The molecule has 0 spiro atoms. The van der Waals surface area contributed by atoms with Gasteiger partial charge in [0.2, 0.25) is 0 Å². The predicted octanol–water partition coefficient (Wildman–Crippen LogP) is 8.26. The summed E-state index contributed by atoms with van der Waals surface area (Å²) in [6, 6.07) is 0. The van der Waals surface area contributed by atoms with E-state index in [0.29, 0.717) is 16.7 Å². The highest BCUT2D eigenvalue weighted by Crippen LogP contribution is 2.71. The Hall–Kier alpha value is -0.820. The van der Waals surface area contributed by atoms with E-state index in [1.54, 1.807) is 11.1 Å². The van der Waals surface area contributed by atoms with Gasteiger partial charge in [0.1, 0.15) is 0 Å². The van der Waals surface area contributed by atoms with Crippen molar-refractivity contribution in [3.63, 3.8) is 0 Å². The molecule has 0 radical (unpaired) electrons. The minimum Gasteiger partial charge on any atom is -0.393 e. The Morgan fingerprint density at radius 3 is 2.45 bits per heavy atom. The summed E-state index contributed by atoms with van der Waals surface area (Å²) in [6.07, 6.45) is 17.3. The summed E-state index contributed by atoms with van der Waals surface area (Å²) in [7, 11) is 0. The predicted molar refractivity (Wildman–Crippen MR) is 133 cm³/mol. The lowest BCUT2D eigenvalue weighted by molar-refractivity contribution is -0.0851. The molecule has 1 nitrogen and oxygen atoms in total. The molecule has 1 heteroatoms. The molecule has 4 aliphatic carbocycles. The fraction of sp³-hybridized carbons (Fsp3) is 0.800. The quantitative estimate of drug-likeness (QED) is 0.450. The molecule has 4 aliphatic rings. The van der Waals surface area contributed by atoms with Crippen LogP contribution >= 0.6 is 0 Å². The van der Waals surface area contributed by atoms with E-state index in [-0.39, 0.29) is 16.9 Å². The van der Waals surface area contributed by atoms with Crippen molar-refractivity contribution in [3.8, 4) is 0 Å². The molecule has 2 saturated carbocycles. The van der Waals surface area contributed by atoms with Gasteiger partial charge in [-0.15, -0.1) is 0 Å². The lowest BCUT2D eigenvalue weighted by Gasteiger charge is -2.61. The maximum absolute atomic E-state index is 10.8. The van der Waals surface area contributed by atoms with Crippen LogP contribution in [0.1, 0.15) is 107 Å². The van der Waals surface area contributed by atoms with Crippen molar-refractivity contribution in [2.24, 2.45) is 39.4 Å². The molecule has 7 atom stereocenters. The van der Waals surface area contributed by atoms with Crippen LogP contribution in [0.25, 0.3) is 0 Å². The van der Waals surface area contributed by atoms with Gasteiger partial charge in [0.25, 0.3) is 0 Å². The third-order valence-corrected chi connectivity index (χ3v) is 11.1. The highest BCUT2D eigenvalue weighted by atomic mass is 16.3. The molecular formula is C30H48O. The van der Waals surface area contributed by atoms with E-state index in [2.05, 4.69) is 73.6 Å². The minimum atomic E-state index is -0.164. The number of aliphatic hydroxyl groups excluding tert-OH is 1. The standard InChI is InChI=1S/C30H48O/c1-20(2)10-9-11-21(3)22-14-18-30(8)24-12-13-25-27(4,5)26(31)16-17-28(25,6)23(24)15-19-29(22,30)7/h10,12,15,21-22,25-26,31H,9,11,13-14,16-19H2,1-8H3/t21-,22+,25+,26+,28-,29+,30-/m1/s1. The summed E-state index contributed by atoms with van der Waals surface area (Å²) in [5.74, 6) is 2.15. The maximum Gasteiger partial charge on any atom is 0.0594 e. The zero-order valence-electron chi connectivity index (χ0n) is 21.6. The molecular weight excluding hydrogens is 376 g/mol. The van der Waals surface area contributed by atoms with Crippen molar-refractivity contribution in [2.45, 2.75) is 113 Å². The van der Waals surface area contributed by atoms with Crippen LogP contribution in [0.3, 0.4) is 0 Å². The number of allylic oxidation sites excluding steroid dienone is 6. The first kappa shape index (κ1) is 23.3. The van der Waals surface area contributed by atoms with Gasteiger partial charge in [-0.25, -0.2) is 0 Å². The lowest BCUT2D eigenvalue weighted by Crippen LogP contribution is -2.54. The molecule has 174 valence electrons. The van der Waals surface area contributed by atoms with Crippen LogP contribution in [0.15, 0.2) is 34.9 Å². The van der Waals surface area contributed by atoms with Crippen molar-refractivity contribution in [2.75, 3.05) is 0 Å². The van der Waals surface area contributed by atoms with Crippen LogP contribution in [0.2, 0.25) is 0 Å². The zero-order chi connectivity index (χ0) is 22.8. The average molecular weight is 425 g/mol. The van der Waals surface area contributed by atoms with Crippen molar-refractivity contribution >= 4 is 0 Å². The number of rotatable bonds is 4. The molecule has 0 aliphatic heterocycles. The third kappa shape index (κ3) is 3.27. The Morgan fingerprint density at radius 1 is 1.06 bits per heavy atom. The van der Waals surface area contributed by atoms with Gasteiger partial charge < -0.3 is 5.11 Å². The molecule has 0 heterocycles. The topological polar surface area (TPSA) is 20.2 Å². The van der Waals surface area contributed by atoms with Crippen molar-refractivity contribution < 1.29 is 5.11 Å². The first-order valence-corrected chi connectivity index (χ1v) is 13.1. The van der Waals surface area contributed by atoms with Crippen LogP contribution in [-0.2, 0) is 0 Å². The van der Waals surface area contributed by atoms with Crippen molar-refractivity contribution in [1.29, 1.82) is 0 Å². The second-order valence-electron chi connectivity index (χ2n) is 13.3. The van der Waals surface area contributed by atoms with Gasteiger partial charge in [-0.1, -0.05) is 65.3 Å². The highest BCUT2D eigenvalue weighted by molar-refractivity contribution is 5.49. The number of fused-ring (bicyclic) bond motifs is 5. The first-order valence-electron chi connectivity index (χ1n) is 13.1. The lowest BCUT2D eigenvalue weighted by atomic mass is 9.44. The average Bonchev–Trinajstić information content (AvgIpc) is 2.96. The SMILES string of the molecule is CC(C)=CCC[C@@H](C)[C@@H]1CC[C@]2(C)C3=CC[C@H]4C(C)(C)[C@@H](O)CC[C@]4(C)C3=CC[C@@]12C. The van der Waals surface area contributed by atoms with Crippen molar-refractivity contribution in [3.05, 3.63) is 34.9 Å². The first-order chi connectivity index (χ1) is 14.4. The molecule has 2 fully saturated rings. The Labute approximate surface area is 192 Å². The third-order valence-electron chi connectivity index (χ3n) is 11.1. The molecule has 0 amide bonds. The van der Waals surface area contributed by atoms with Gasteiger partial charge >= 0.3 is 0 Å². The van der Waals surface area contributed by atoms with Crippen molar-refractivity contribution in [1.82, 2.24) is 0 Å². The van der Waals surface area contributed by atoms with Crippen LogP contribution < -0.4 is 0 Å². The summed E-state index contributed by atoms with van der Waals surface area (Å²) in [5.41, 5.74) is 5.73. The van der Waals surface area contributed by atoms with Crippen LogP contribution in [0, 0.1) is 39.4 Å². The fourth-order valence-electron chi connectivity index (χ4n) is 8.78. The van der Waals surface area contributed by atoms with E-state index < -0.39 is 0 Å². The summed E-state index contributed by atoms with van der Waals surface area (Å²) < 4.78 is 0. The van der Waals surface area contributed by atoms with Crippen LogP contribution in [0.4, 0.5) is 0 Å². The molecule has 0 unspecified atom stereocenters. The molecule has 31 heavy (non-hydrogen) atoms. The van der Waals surface area contributed by atoms with E-state index >= 15 is 0 Å². The zero-order valence-corrected chi connectivity index (χ0v) is 21.6. The molecule has 0 saturated heterocycles. The van der Waals surface area contributed by atoms with Gasteiger partial charge in [-0.3, -0.25) is 0 Å². The Morgan fingerprint density at radius 2 is 1.77 bits per heavy atom. The second-order valence-corrected chi connectivity index (χ2v) is 13.3. The molecule has 0 aromatic heterocycles. The maximum atomic E-state index is 10.8. The Kier molecular flexibility index (Phi) is 5.73. The van der Waals surface area contributed by atoms with Gasteiger partial charge in [0.05, 0.1) is 6.10 Å². The van der Waals surface area contributed by atoms with E-state index in [1.165, 1.54) is 37.7 Å².